The summed E-state index contributed by atoms with van der Waals surface area (Å²) < 4.78 is 22.2. The number of ether oxygens (including phenoxy) is 1. The van der Waals surface area contributed by atoms with Gasteiger partial charge in [-0.15, -0.1) is 0 Å². The molecule has 184 valence electrons. The third-order valence-electron chi connectivity index (χ3n) is 7.43. The first-order valence-corrected chi connectivity index (χ1v) is 12.3. The van der Waals surface area contributed by atoms with Gasteiger partial charge in [-0.2, -0.15) is 0 Å². The Morgan fingerprint density at radius 3 is 2.78 bits per heavy atom. The maximum Gasteiger partial charge on any atom is 0.250 e. The van der Waals surface area contributed by atoms with E-state index in [0.717, 1.165) is 25.2 Å². The van der Waals surface area contributed by atoms with Crippen molar-refractivity contribution in [3.63, 3.8) is 0 Å². The molecule has 0 unspecified atom stereocenters. The van der Waals surface area contributed by atoms with Crippen LogP contribution in [0, 0.1) is 18.7 Å². The van der Waals surface area contributed by atoms with E-state index in [1.807, 2.05) is 10.6 Å². The second-order valence-electron chi connectivity index (χ2n) is 9.86. The molecule has 3 aliphatic heterocycles. The second kappa shape index (κ2) is 8.61. The number of aromatic nitrogens is 1. The van der Waals surface area contributed by atoms with Crippen LogP contribution in [0.4, 0.5) is 4.39 Å². The van der Waals surface area contributed by atoms with Crippen LogP contribution in [0.1, 0.15) is 45.1 Å². The standard InChI is InChI=1S/C28H24ClFN2O4/c1-15-8-23(33)19(14-31-11-16-9-17(13-31)22-6-3-7-25(34)32(22)12-16)28-26(15)27(35)24(36-28)10-18-20(29)4-2-5-21(18)30/h2-8,10,16-17,33H,9,11-14H2,1H3/b24-10-/t16-,17+/m1/s1. The number of hydrogen-bond donors (Lipinski definition) is 1. The molecule has 3 aliphatic rings. The number of pyridine rings is 1. The summed E-state index contributed by atoms with van der Waals surface area (Å²) in [5.41, 5.74) is 2.64. The predicted octanol–water partition coefficient (Wildman–Crippen LogP) is 4.89. The van der Waals surface area contributed by atoms with Crippen molar-refractivity contribution in [2.45, 2.75) is 32.4 Å². The lowest BCUT2D eigenvalue weighted by molar-refractivity contribution is 0.101. The van der Waals surface area contributed by atoms with E-state index in [9.17, 15) is 19.1 Å². The summed E-state index contributed by atoms with van der Waals surface area (Å²) in [4.78, 5) is 27.8. The number of aromatic hydroxyl groups is 1. The minimum absolute atomic E-state index is 0.0317. The Morgan fingerprint density at radius 1 is 1.17 bits per heavy atom. The Morgan fingerprint density at radius 2 is 1.97 bits per heavy atom. The largest absolute Gasteiger partial charge is 0.507 e. The first-order valence-electron chi connectivity index (χ1n) is 12.0. The maximum absolute atomic E-state index is 14.4. The van der Waals surface area contributed by atoms with E-state index in [2.05, 4.69) is 4.90 Å². The summed E-state index contributed by atoms with van der Waals surface area (Å²) in [5, 5.41) is 11.0. The van der Waals surface area contributed by atoms with Gasteiger partial charge in [0.15, 0.2) is 5.76 Å². The van der Waals surface area contributed by atoms with Crippen LogP contribution in [-0.4, -0.2) is 33.4 Å². The summed E-state index contributed by atoms with van der Waals surface area (Å²) in [7, 11) is 0. The van der Waals surface area contributed by atoms with Crippen LogP contribution in [0.3, 0.4) is 0 Å². The highest BCUT2D eigenvalue weighted by Crippen LogP contribution is 2.44. The van der Waals surface area contributed by atoms with Crippen LogP contribution in [0.5, 0.6) is 11.5 Å². The Bertz CT molecular complexity index is 1490. The fraction of sp³-hybridized carbons (Fsp3) is 0.286. The maximum atomic E-state index is 14.4. The molecule has 0 saturated carbocycles. The zero-order chi connectivity index (χ0) is 25.1. The molecule has 1 fully saturated rings. The second-order valence-corrected chi connectivity index (χ2v) is 10.3. The van der Waals surface area contributed by atoms with E-state index in [-0.39, 0.29) is 39.4 Å². The number of likely N-dealkylation sites (tertiary alicyclic amines) is 1. The van der Waals surface area contributed by atoms with Crippen molar-refractivity contribution < 1.29 is 19.0 Å². The average molecular weight is 507 g/mol. The molecule has 6 rings (SSSR count). The van der Waals surface area contributed by atoms with Gasteiger partial charge in [0, 0.05) is 49.4 Å². The van der Waals surface area contributed by atoms with Gasteiger partial charge in [-0.3, -0.25) is 14.5 Å². The minimum atomic E-state index is -0.554. The van der Waals surface area contributed by atoms with E-state index in [1.165, 1.54) is 18.2 Å². The highest BCUT2D eigenvalue weighted by molar-refractivity contribution is 6.32. The zero-order valence-corrected chi connectivity index (χ0v) is 20.4. The lowest BCUT2D eigenvalue weighted by Gasteiger charge is -2.43. The van der Waals surface area contributed by atoms with Crippen molar-refractivity contribution in [1.29, 1.82) is 0 Å². The Labute approximate surface area is 212 Å². The number of phenols is 1. The number of benzene rings is 2. The molecule has 1 aromatic heterocycles. The first kappa shape index (κ1) is 23.0. The van der Waals surface area contributed by atoms with Crippen LogP contribution in [0.15, 0.2) is 53.0 Å². The number of piperidine rings is 1. The van der Waals surface area contributed by atoms with E-state index >= 15 is 0 Å². The molecular weight excluding hydrogens is 483 g/mol. The smallest absolute Gasteiger partial charge is 0.250 e. The minimum Gasteiger partial charge on any atom is -0.507 e. The quantitative estimate of drug-likeness (QED) is 0.512. The lowest BCUT2D eigenvalue weighted by atomic mass is 9.83. The fourth-order valence-corrected chi connectivity index (χ4v) is 6.08. The number of rotatable bonds is 3. The number of hydrogen-bond acceptors (Lipinski definition) is 5. The molecule has 1 N–H and O–H groups in total. The lowest BCUT2D eigenvalue weighted by Crippen LogP contribution is -2.46. The molecule has 3 aromatic rings. The summed E-state index contributed by atoms with van der Waals surface area (Å²) >= 11 is 6.16. The molecule has 2 bridgehead atoms. The molecule has 0 amide bonds. The topological polar surface area (TPSA) is 71.8 Å². The third kappa shape index (κ3) is 3.74. The van der Waals surface area contributed by atoms with Crippen LogP contribution in [0.2, 0.25) is 5.02 Å². The van der Waals surface area contributed by atoms with Crippen LogP contribution in [0.25, 0.3) is 6.08 Å². The summed E-state index contributed by atoms with van der Waals surface area (Å²) in [6, 6.07) is 11.3. The number of allylic oxidation sites excluding steroid dienone is 1. The number of nitrogens with zero attached hydrogens (tertiary/aromatic N) is 2. The van der Waals surface area contributed by atoms with E-state index in [0.29, 0.717) is 41.4 Å². The molecule has 4 heterocycles. The van der Waals surface area contributed by atoms with Crippen molar-refractivity contribution in [3.05, 3.63) is 97.4 Å². The molecule has 0 aliphatic carbocycles. The summed E-state index contributed by atoms with van der Waals surface area (Å²) in [6.07, 6.45) is 2.34. The molecule has 36 heavy (non-hydrogen) atoms. The van der Waals surface area contributed by atoms with E-state index in [4.69, 9.17) is 16.3 Å². The zero-order valence-electron chi connectivity index (χ0n) is 19.6. The van der Waals surface area contributed by atoms with Gasteiger partial charge in [0.2, 0.25) is 5.78 Å². The Hall–Kier alpha value is -3.42. The van der Waals surface area contributed by atoms with Crippen LogP contribution in [-0.2, 0) is 13.1 Å². The van der Waals surface area contributed by atoms with Gasteiger partial charge in [-0.25, -0.2) is 4.39 Å². The summed E-state index contributed by atoms with van der Waals surface area (Å²) in [5.74, 6) is -0.0596. The Balaban J connectivity index is 1.33. The van der Waals surface area contributed by atoms with Gasteiger partial charge in [0.25, 0.3) is 5.56 Å². The number of carbonyl (C=O) groups excluding carboxylic acids is 1. The number of fused-ring (bicyclic) bond motifs is 5. The van der Waals surface area contributed by atoms with E-state index in [1.54, 1.807) is 31.2 Å². The SMILES string of the molecule is Cc1cc(O)c(CN2C[C@H]3C[C@@H](C2)c2cccc(=O)n2C3)c2c1C(=O)/C(=C/c1c(F)cccc1Cl)O2. The van der Waals surface area contributed by atoms with Gasteiger partial charge in [-0.1, -0.05) is 23.7 Å². The number of carbonyl (C=O) groups is 1. The van der Waals surface area contributed by atoms with Gasteiger partial charge in [-0.05, 0) is 55.2 Å². The van der Waals surface area contributed by atoms with E-state index < -0.39 is 5.82 Å². The number of halogens is 2. The molecule has 8 heteroatoms. The molecule has 0 radical (unpaired) electrons. The number of Topliss-reactive ketones (excluding diaryl/α,β-unsaturated/α-hetero) is 1. The highest BCUT2D eigenvalue weighted by Gasteiger charge is 2.37. The van der Waals surface area contributed by atoms with Gasteiger partial charge < -0.3 is 14.4 Å². The predicted molar refractivity (Wildman–Crippen MR) is 134 cm³/mol. The van der Waals surface area contributed by atoms with Crippen molar-refractivity contribution >= 4 is 23.5 Å². The molecule has 0 spiro atoms. The van der Waals surface area contributed by atoms with Crippen molar-refractivity contribution in [3.8, 4) is 11.5 Å². The number of aryl methyl sites for hydroxylation is 1. The molecule has 1 saturated heterocycles. The molecular formula is C28H24ClFN2O4. The summed E-state index contributed by atoms with van der Waals surface area (Å²) in [6.45, 7) is 4.29. The van der Waals surface area contributed by atoms with Gasteiger partial charge in [0.05, 0.1) is 16.1 Å². The van der Waals surface area contributed by atoms with Crippen LogP contribution < -0.4 is 10.3 Å². The molecule has 6 nitrogen and oxygen atoms in total. The van der Waals surface area contributed by atoms with Gasteiger partial charge in [0.1, 0.15) is 17.3 Å². The Kier molecular flexibility index (Phi) is 5.50. The fourth-order valence-electron chi connectivity index (χ4n) is 5.86. The molecule has 2 aromatic carbocycles. The average Bonchev–Trinajstić information content (AvgIpc) is 3.16. The third-order valence-corrected chi connectivity index (χ3v) is 7.76. The highest BCUT2D eigenvalue weighted by atomic mass is 35.5. The van der Waals surface area contributed by atoms with Crippen molar-refractivity contribution in [2.24, 2.45) is 5.92 Å². The first-order chi connectivity index (χ1) is 17.3. The van der Waals surface area contributed by atoms with Crippen LogP contribution >= 0.6 is 11.6 Å². The van der Waals surface area contributed by atoms with Crippen molar-refractivity contribution in [1.82, 2.24) is 9.47 Å². The normalized spacial score (nSPS) is 21.9. The number of phenolic OH excluding ortho intramolecular Hbond substituents is 1. The molecule has 2 atom stereocenters. The monoisotopic (exact) mass is 506 g/mol. The van der Waals surface area contributed by atoms with Crippen molar-refractivity contribution in [2.75, 3.05) is 13.1 Å². The number of ketones is 1. The van der Waals surface area contributed by atoms with Gasteiger partial charge >= 0.3 is 0 Å².